The maximum atomic E-state index is 14.7. The molecule has 0 aliphatic heterocycles. The lowest BCUT2D eigenvalue weighted by Gasteiger charge is -2.16. The molecule has 0 aliphatic rings. The second-order valence-electron chi connectivity index (χ2n) is 14.7. The molecular weight excluding hydrogens is 707 g/mol. The Hall–Kier alpha value is -6.76. The van der Waals surface area contributed by atoms with E-state index < -0.39 is 0 Å². The highest BCUT2D eigenvalue weighted by Gasteiger charge is 2.25. The molecule has 0 aliphatic carbocycles. The number of aromatic hydroxyl groups is 3. The Morgan fingerprint density at radius 3 is 1.93 bits per heavy atom. The summed E-state index contributed by atoms with van der Waals surface area (Å²) in [4.78, 5) is 14.7. The first-order chi connectivity index (χ1) is 26.9. The molecule has 0 fully saturated rings. The molecule has 0 spiro atoms. The number of nitrogen functional groups attached to an aromatic ring is 1. The maximum absolute atomic E-state index is 14.7. The van der Waals surface area contributed by atoms with Crippen LogP contribution >= 0.6 is 0 Å². The molecule has 8 rings (SSSR count). The number of aromatic nitrogens is 8. The van der Waals surface area contributed by atoms with Crippen LogP contribution in [0, 0.1) is 6.92 Å². The van der Waals surface area contributed by atoms with Crippen LogP contribution in [0.15, 0.2) is 90.0 Å². The van der Waals surface area contributed by atoms with Crippen LogP contribution in [0.25, 0.3) is 56.0 Å². The predicted octanol–water partition coefficient (Wildman–Crippen LogP) is 7.83. The van der Waals surface area contributed by atoms with Crippen molar-refractivity contribution in [3.05, 3.63) is 112 Å². The van der Waals surface area contributed by atoms with Crippen molar-refractivity contribution in [3.63, 3.8) is 0 Å². The fourth-order valence-corrected chi connectivity index (χ4v) is 7.88. The Balaban J connectivity index is 1.24. The molecule has 1 unspecified atom stereocenters. The van der Waals surface area contributed by atoms with Gasteiger partial charge in [-0.3, -0.25) is 4.57 Å². The minimum atomic E-state index is -0.276. The zero-order valence-electron chi connectivity index (χ0n) is 32.3. The van der Waals surface area contributed by atoms with Gasteiger partial charge in [0.25, 0.3) is 0 Å². The first-order valence-electron chi connectivity index (χ1n) is 18.9. The molecule has 56 heavy (non-hydrogen) atoms. The van der Waals surface area contributed by atoms with Crippen LogP contribution in [0.5, 0.6) is 17.2 Å². The van der Waals surface area contributed by atoms with Gasteiger partial charge in [0.2, 0.25) is 5.95 Å². The Morgan fingerprint density at radius 2 is 1.29 bits per heavy atom. The maximum Gasteiger partial charge on any atom is 0.350 e. The number of benzene rings is 4. The monoisotopic (exact) mass is 751 g/mol. The van der Waals surface area contributed by atoms with E-state index in [0.29, 0.717) is 41.3 Å². The summed E-state index contributed by atoms with van der Waals surface area (Å²) >= 11 is 0. The van der Waals surface area contributed by atoms with Crippen LogP contribution in [0.3, 0.4) is 0 Å². The minimum absolute atomic E-state index is 0.00297. The lowest BCUT2D eigenvalue weighted by Crippen LogP contribution is -2.27. The summed E-state index contributed by atoms with van der Waals surface area (Å²) in [5.74, 6) is 1.05. The second-order valence-corrected chi connectivity index (χ2v) is 14.7. The number of phenolic OH excluding ortho intramolecular Hbond substituents is 3. The average molecular weight is 752 g/mol. The zero-order chi connectivity index (χ0) is 39.6. The molecular formula is C43H45N9O4. The molecule has 0 saturated heterocycles. The molecule has 4 heterocycles. The van der Waals surface area contributed by atoms with Gasteiger partial charge >= 0.3 is 5.69 Å². The largest absolute Gasteiger partial charge is 0.508 e. The van der Waals surface area contributed by atoms with Crippen LogP contribution in [0.4, 0.5) is 5.95 Å². The van der Waals surface area contributed by atoms with Crippen molar-refractivity contribution >= 4 is 27.8 Å². The van der Waals surface area contributed by atoms with E-state index in [1.807, 2.05) is 82.4 Å². The number of hydrogen-bond acceptors (Lipinski definition) is 8. The number of nitrogens with two attached hydrogens (primary N) is 1. The van der Waals surface area contributed by atoms with Crippen molar-refractivity contribution in [2.75, 3.05) is 5.73 Å². The van der Waals surface area contributed by atoms with Crippen molar-refractivity contribution in [3.8, 4) is 51.4 Å². The lowest BCUT2D eigenvalue weighted by molar-refractivity contribution is 0.437. The van der Waals surface area contributed by atoms with E-state index in [-0.39, 0.29) is 47.5 Å². The quantitative estimate of drug-likeness (QED) is 0.110. The summed E-state index contributed by atoms with van der Waals surface area (Å²) in [6.45, 7) is 12.4. The summed E-state index contributed by atoms with van der Waals surface area (Å²) in [5.41, 5.74) is 12.9. The smallest absolute Gasteiger partial charge is 0.350 e. The number of anilines is 1. The molecule has 8 aromatic rings. The molecule has 286 valence electrons. The third-order valence-electron chi connectivity index (χ3n) is 10.8. The molecule has 4 aromatic carbocycles. The summed E-state index contributed by atoms with van der Waals surface area (Å²) in [6.07, 6.45) is 5.20. The summed E-state index contributed by atoms with van der Waals surface area (Å²) < 4.78 is 9.21. The zero-order valence-corrected chi connectivity index (χ0v) is 32.3. The summed E-state index contributed by atoms with van der Waals surface area (Å²) in [7, 11) is 0. The van der Waals surface area contributed by atoms with Gasteiger partial charge in [0.1, 0.15) is 17.2 Å². The Bertz CT molecular complexity index is 2850. The van der Waals surface area contributed by atoms with E-state index in [1.54, 1.807) is 21.3 Å². The number of rotatable bonds is 10. The standard InChI is InChI=1S/C43H45N9O4/c1-7-27-20-31(25(5)19-37(27)53)41-47-50(43(56)52(41)36-14-9-11-33-29(36)15-17-48(33)24(3)4)23-26(6)49-18-16-30-34(49)12-10-13-35(30)51-40(45-46-42(51)44)32-21-28(8-2)38(54)22-39(32)55/h9-22,24,26,53-55H,7-8,23H2,1-6H3,(H2,44,46). The van der Waals surface area contributed by atoms with Crippen molar-refractivity contribution in [2.24, 2.45) is 0 Å². The highest BCUT2D eigenvalue weighted by Crippen LogP contribution is 2.38. The van der Waals surface area contributed by atoms with Gasteiger partial charge < -0.3 is 30.2 Å². The number of fused-ring (bicyclic) bond motifs is 2. The highest BCUT2D eigenvalue weighted by molar-refractivity contribution is 5.91. The molecule has 4 aromatic heterocycles. The van der Waals surface area contributed by atoms with Crippen LogP contribution in [-0.4, -0.2) is 53.6 Å². The van der Waals surface area contributed by atoms with Gasteiger partial charge in [0.15, 0.2) is 11.6 Å². The molecule has 0 radical (unpaired) electrons. The van der Waals surface area contributed by atoms with Crippen molar-refractivity contribution in [2.45, 2.75) is 73.0 Å². The van der Waals surface area contributed by atoms with E-state index in [2.05, 4.69) is 45.4 Å². The molecule has 0 saturated carbocycles. The lowest BCUT2D eigenvalue weighted by atomic mass is 10.0. The van der Waals surface area contributed by atoms with Crippen molar-refractivity contribution in [1.29, 1.82) is 0 Å². The normalized spacial score (nSPS) is 12.4. The number of phenols is 3. The van der Waals surface area contributed by atoms with E-state index >= 15 is 0 Å². The Morgan fingerprint density at radius 1 is 0.696 bits per heavy atom. The van der Waals surface area contributed by atoms with Gasteiger partial charge in [0, 0.05) is 40.8 Å². The van der Waals surface area contributed by atoms with Gasteiger partial charge in [-0.15, -0.1) is 15.3 Å². The van der Waals surface area contributed by atoms with E-state index in [0.717, 1.165) is 44.2 Å². The van der Waals surface area contributed by atoms with Gasteiger partial charge in [0.05, 0.1) is 40.6 Å². The fraction of sp³-hybridized carbons (Fsp3) is 0.256. The molecule has 0 amide bonds. The molecule has 0 bridgehead atoms. The fourth-order valence-electron chi connectivity index (χ4n) is 7.88. The number of hydrogen-bond donors (Lipinski definition) is 4. The van der Waals surface area contributed by atoms with Crippen LogP contribution in [0.2, 0.25) is 0 Å². The topological polar surface area (TPSA) is 167 Å². The number of nitrogens with zero attached hydrogens (tertiary/aromatic N) is 8. The summed E-state index contributed by atoms with van der Waals surface area (Å²) in [6, 6.07) is 22.5. The molecule has 1 atom stereocenters. The number of aryl methyl sites for hydroxylation is 3. The van der Waals surface area contributed by atoms with Crippen LogP contribution in [0.1, 0.15) is 63.4 Å². The first-order valence-corrected chi connectivity index (χ1v) is 18.9. The minimum Gasteiger partial charge on any atom is -0.508 e. The Labute approximate surface area is 323 Å². The van der Waals surface area contributed by atoms with Crippen LogP contribution in [-0.2, 0) is 19.4 Å². The molecule has 13 nitrogen and oxygen atoms in total. The average Bonchev–Trinajstić information content (AvgIpc) is 3.96. The van der Waals surface area contributed by atoms with Crippen LogP contribution < -0.4 is 11.4 Å². The second kappa shape index (κ2) is 13.8. The third kappa shape index (κ3) is 5.78. The van der Waals surface area contributed by atoms with E-state index in [9.17, 15) is 20.1 Å². The summed E-state index contributed by atoms with van der Waals surface area (Å²) in [5, 5.41) is 47.2. The van der Waals surface area contributed by atoms with Crippen molar-refractivity contribution < 1.29 is 15.3 Å². The Kier molecular flexibility index (Phi) is 8.94. The first kappa shape index (κ1) is 36.2. The SMILES string of the molecule is CCc1cc(-c2nn(CC(C)n3ccc4c(-n5c(N)nnc5-c5cc(CC)c(O)cc5O)cccc43)c(=O)n2-c2cccc3c2ccn3C(C)C)c(C)cc1O. The van der Waals surface area contributed by atoms with Gasteiger partial charge in [-0.2, -0.15) is 0 Å². The highest BCUT2D eigenvalue weighted by atomic mass is 16.3. The molecule has 13 heteroatoms. The van der Waals surface area contributed by atoms with E-state index in [4.69, 9.17) is 10.8 Å². The van der Waals surface area contributed by atoms with Gasteiger partial charge in [-0.05, 0) is 112 Å². The van der Waals surface area contributed by atoms with E-state index in [1.165, 1.54) is 10.7 Å². The van der Waals surface area contributed by atoms with Gasteiger partial charge in [-0.1, -0.05) is 26.0 Å². The van der Waals surface area contributed by atoms with Gasteiger partial charge in [-0.25, -0.2) is 14.0 Å². The van der Waals surface area contributed by atoms with Crippen molar-refractivity contribution in [1.82, 2.24) is 38.2 Å². The predicted molar refractivity (Wildman–Crippen MR) is 219 cm³/mol. The third-order valence-corrected chi connectivity index (χ3v) is 10.8. The molecule has 5 N–H and O–H groups in total.